The van der Waals surface area contributed by atoms with Gasteiger partial charge in [0.15, 0.2) is 0 Å². The van der Waals surface area contributed by atoms with Crippen LogP contribution in [0.3, 0.4) is 0 Å². The third-order valence-electron chi connectivity index (χ3n) is 7.87. The van der Waals surface area contributed by atoms with Crippen LogP contribution >= 0.6 is 15.9 Å². The topological polar surface area (TPSA) is 96.5 Å². The van der Waals surface area contributed by atoms with E-state index in [1.54, 1.807) is 29.2 Å². The molecule has 0 aromatic heterocycles. The van der Waals surface area contributed by atoms with Crippen molar-refractivity contribution in [3.05, 3.63) is 69.4 Å². The van der Waals surface area contributed by atoms with E-state index in [9.17, 15) is 23.6 Å². The van der Waals surface area contributed by atoms with E-state index in [1.165, 1.54) is 17.0 Å². The number of nitrogens with zero attached hydrogens (tertiary/aromatic N) is 3. The zero-order valence-corrected chi connectivity index (χ0v) is 24.0. The number of amides is 4. The molecule has 2 heterocycles. The summed E-state index contributed by atoms with van der Waals surface area (Å²) in [6.07, 6.45) is 1.21. The number of carbonyl (C=O) groups is 4. The van der Waals surface area contributed by atoms with Crippen LogP contribution in [0.25, 0.3) is 0 Å². The molecule has 5 rings (SSSR count). The van der Waals surface area contributed by atoms with Crippen molar-refractivity contribution < 1.29 is 33.0 Å². The molecule has 1 unspecified atom stereocenters. The van der Waals surface area contributed by atoms with Crippen LogP contribution in [-0.4, -0.2) is 70.5 Å². The number of ether oxygens (including phenoxy) is 2. The van der Waals surface area contributed by atoms with E-state index >= 15 is 0 Å². The molecule has 40 heavy (non-hydrogen) atoms. The summed E-state index contributed by atoms with van der Waals surface area (Å²) in [4.78, 5) is 56.8. The van der Waals surface area contributed by atoms with Crippen LogP contribution in [0, 0.1) is 5.82 Å². The normalized spacial score (nSPS) is 20.8. The van der Waals surface area contributed by atoms with Gasteiger partial charge in [0.2, 0.25) is 11.5 Å². The highest BCUT2D eigenvalue weighted by Gasteiger charge is 2.59. The number of aryl methyl sites for hydroxylation is 1. The fourth-order valence-electron chi connectivity index (χ4n) is 5.67. The van der Waals surface area contributed by atoms with Gasteiger partial charge in [-0.25, -0.2) is 18.9 Å². The number of benzene rings is 2. The molecular formula is C29H31BrFN3O6. The molecule has 3 aliphatic rings. The van der Waals surface area contributed by atoms with Crippen LogP contribution in [-0.2, 0) is 37.6 Å². The Morgan fingerprint density at radius 2 is 1.88 bits per heavy atom. The van der Waals surface area contributed by atoms with Crippen molar-refractivity contribution in [3.8, 4) is 0 Å². The van der Waals surface area contributed by atoms with E-state index in [4.69, 9.17) is 9.47 Å². The maximum Gasteiger partial charge on any atom is 0.418 e. The summed E-state index contributed by atoms with van der Waals surface area (Å²) in [6.45, 7) is 4.19. The summed E-state index contributed by atoms with van der Waals surface area (Å²) in [6, 6.07) is 11.2. The molecule has 0 saturated carbocycles. The van der Waals surface area contributed by atoms with E-state index in [1.807, 2.05) is 19.9 Å². The lowest BCUT2D eigenvalue weighted by atomic mass is 9.89. The Balaban J connectivity index is 1.34. The van der Waals surface area contributed by atoms with Crippen molar-refractivity contribution in [2.45, 2.75) is 57.2 Å². The minimum absolute atomic E-state index is 0.105. The zero-order valence-electron chi connectivity index (χ0n) is 22.5. The second kappa shape index (κ2) is 10.8. The number of unbranched alkanes of at least 4 members (excludes halogenated alkanes) is 1. The molecule has 11 heteroatoms. The van der Waals surface area contributed by atoms with Gasteiger partial charge in [-0.15, -0.1) is 0 Å². The Morgan fingerprint density at radius 3 is 2.58 bits per heavy atom. The minimum atomic E-state index is -1.44. The molecule has 0 N–H and O–H groups in total. The van der Waals surface area contributed by atoms with Gasteiger partial charge < -0.3 is 19.3 Å². The lowest BCUT2D eigenvalue weighted by molar-refractivity contribution is -0.149. The van der Waals surface area contributed by atoms with Crippen molar-refractivity contribution in [3.63, 3.8) is 0 Å². The van der Waals surface area contributed by atoms with Crippen molar-refractivity contribution in [2.24, 2.45) is 0 Å². The van der Waals surface area contributed by atoms with E-state index in [0.29, 0.717) is 30.6 Å². The molecule has 2 aromatic rings. The van der Waals surface area contributed by atoms with Gasteiger partial charge >= 0.3 is 12.2 Å². The van der Waals surface area contributed by atoms with Crippen molar-refractivity contribution in [1.82, 2.24) is 14.7 Å². The average Bonchev–Trinajstić information content (AvgIpc) is 3.38. The van der Waals surface area contributed by atoms with E-state index in [2.05, 4.69) is 15.9 Å². The number of fused-ring (bicyclic) bond motifs is 2. The molecule has 2 aliphatic heterocycles. The van der Waals surface area contributed by atoms with Gasteiger partial charge in [0.05, 0.1) is 12.1 Å². The highest BCUT2D eigenvalue weighted by molar-refractivity contribution is 9.10. The smallest absolute Gasteiger partial charge is 0.418 e. The van der Waals surface area contributed by atoms with Crippen LogP contribution in [0.15, 0.2) is 46.9 Å². The van der Waals surface area contributed by atoms with Crippen LogP contribution in [0.4, 0.5) is 14.0 Å². The molecule has 2 aromatic carbocycles. The number of imide groups is 1. The Hall–Kier alpha value is -3.47. The largest absolute Gasteiger partial charge is 0.449 e. The quantitative estimate of drug-likeness (QED) is 0.398. The zero-order chi connectivity index (χ0) is 28.7. The van der Waals surface area contributed by atoms with Gasteiger partial charge in [0, 0.05) is 36.1 Å². The summed E-state index contributed by atoms with van der Waals surface area (Å²) in [5.74, 6) is -1.45. The number of likely N-dealkylation sites (tertiary alicyclic amines) is 1. The number of rotatable bonds is 8. The third-order valence-corrected chi connectivity index (χ3v) is 8.36. The molecule has 0 radical (unpaired) electrons. The summed E-state index contributed by atoms with van der Waals surface area (Å²) in [5.41, 5.74) is -0.00704. The molecule has 2 saturated heterocycles. The number of hydrogen-bond donors (Lipinski definition) is 0. The van der Waals surface area contributed by atoms with Crippen LogP contribution < -0.4 is 0 Å². The maximum absolute atomic E-state index is 13.8. The summed E-state index contributed by atoms with van der Waals surface area (Å²) >= 11 is 3.43. The molecule has 2 fully saturated rings. The molecule has 1 atom stereocenters. The summed E-state index contributed by atoms with van der Waals surface area (Å²) in [7, 11) is 0. The molecule has 212 valence electrons. The third kappa shape index (κ3) is 5.07. The van der Waals surface area contributed by atoms with E-state index < -0.39 is 47.5 Å². The van der Waals surface area contributed by atoms with Gasteiger partial charge in [-0.1, -0.05) is 47.5 Å². The maximum atomic E-state index is 13.8. The first-order chi connectivity index (χ1) is 19.1. The predicted octanol–water partition coefficient (Wildman–Crippen LogP) is 4.75. The first kappa shape index (κ1) is 28.1. The van der Waals surface area contributed by atoms with Crippen LogP contribution in [0.5, 0.6) is 0 Å². The first-order valence-electron chi connectivity index (χ1n) is 13.4. The Bertz CT molecular complexity index is 1350. The molecule has 1 spiro atoms. The Labute approximate surface area is 240 Å². The lowest BCUT2D eigenvalue weighted by Gasteiger charge is -2.53. The Kier molecular flexibility index (Phi) is 7.60. The summed E-state index contributed by atoms with van der Waals surface area (Å²) in [5, 5.41) is 0. The van der Waals surface area contributed by atoms with Crippen LogP contribution in [0.1, 0.15) is 49.8 Å². The number of carbonyl (C=O) groups excluding carboxylic acids is 4. The van der Waals surface area contributed by atoms with Gasteiger partial charge in [-0.2, -0.15) is 0 Å². The summed E-state index contributed by atoms with van der Waals surface area (Å²) < 4.78 is 25.4. The van der Waals surface area contributed by atoms with Crippen LogP contribution in [0.2, 0.25) is 0 Å². The molecule has 9 nitrogen and oxygen atoms in total. The highest BCUT2D eigenvalue weighted by atomic mass is 79.9. The highest BCUT2D eigenvalue weighted by Crippen LogP contribution is 2.46. The number of halogens is 2. The fraction of sp³-hybridized carbons (Fsp3) is 0.448. The lowest BCUT2D eigenvalue weighted by Crippen LogP contribution is -2.71. The van der Waals surface area contributed by atoms with E-state index in [-0.39, 0.29) is 19.6 Å². The minimum Gasteiger partial charge on any atom is -0.449 e. The van der Waals surface area contributed by atoms with Gasteiger partial charge in [0.25, 0.3) is 5.91 Å². The van der Waals surface area contributed by atoms with E-state index in [0.717, 1.165) is 27.8 Å². The van der Waals surface area contributed by atoms with Gasteiger partial charge in [0.1, 0.15) is 12.4 Å². The van der Waals surface area contributed by atoms with Crippen molar-refractivity contribution in [1.29, 1.82) is 0 Å². The second-order valence-electron chi connectivity index (χ2n) is 10.8. The predicted molar refractivity (Wildman–Crippen MR) is 146 cm³/mol. The molecule has 4 amide bonds. The standard InChI is InChI=1S/C29H31BrFN3O6/c1-3-4-13-39-26(37)32-17-28(2,18-32)34(15-19-5-8-22(31)9-6-19)24(35)16-33-25(36)29(40-27(33)38)12-11-20-14-21(30)7-10-23(20)29/h5-10,14H,3-4,11-13,15-18H2,1-2H3. The van der Waals surface area contributed by atoms with Gasteiger partial charge in [-0.3, -0.25) is 9.59 Å². The average molecular weight is 616 g/mol. The fourth-order valence-corrected chi connectivity index (χ4v) is 6.07. The molecule has 0 bridgehead atoms. The van der Waals surface area contributed by atoms with Crippen molar-refractivity contribution >= 4 is 39.9 Å². The van der Waals surface area contributed by atoms with Crippen molar-refractivity contribution in [2.75, 3.05) is 26.2 Å². The SMILES string of the molecule is CCCCOC(=O)N1CC(C)(N(Cc2ccc(F)cc2)C(=O)CN2C(=O)OC3(CCc4cc(Br)ccc43)C2=O)C1. The monoisotopic (exact) mass is 615 g/mol. The second-order valence-corrected chi connectivity index (χ2v) is 11.7. The van der Waals surface area contributed by atoms with Gasteiger partial charge in [-0.05, 0) is 55.2 Å². The molecule has 1 aliphatic carbocycles. The Morgan fingerprint density at radius 1 is 1.15 bits per heavy atom. The first-order valence-corrected chi connectivity index (χ1v) is 14.2. The molecular weight excluding hydrogens is 585 g/mol. The number of hydrogen-bond acceptors (Lipinski definition) is 6.